The third-order valence-electron chi connectivity index (χ3n) is 4.92. The molecule has 3 aromatic rings. The SMILES string of the molecule is CCC(C)C(=O)Nc1cccc(CNC(=O)c2ccccc2CSc2nc(C)cs2)c1. The van der Waals surface area contributed by atoms with Gasteiger partial charge in [0.2, 0.25) is 5.91 Å². The Kier molecular flexibility index (Phi) is 8.26. The third-order valence-corrected chi connectivity index (χ3v) is 7.11. The number of thioether (sulfide) groups is 1. The number of carbonyl (C=O) groups is 2. The molecule has 0 fully saturated rings. The van der Waals surface area contributed by atoms with Gasteiger partial charge in [-0.2, -0.15) is 0 Å². The molecule has 0 saturated carbocycles. The van der Waals surface area contributed by atoms with Gasteiger partial charge < -0.3 is 10.6 Å². The third kappa shape index (κ3) is 6.67. The van der Waals surface area contributed by atoms with Crippen molar-refractivity contribution in [3.8, 4) is 0 Å². The molecule has 31 heavy (non-hydrogen) atoms. The minimum Gasteiger partial charge on any atom is -0.348 e. The molecule has 0 aliphatic carbocycles. The number of anilines is 1. The maximum Gasteiger partial charge on any atom is 0.251 e. The van der Waals surface area contributed by atoms with E-state index < -0.39 is 0 Å². The lowest BCUT2D eigenvalue weighted by atomic mass is 10.1. The smallest absolute Gasteiger partial charge is 0.251 e. The molecule has 2 aromatic carbocycles. The number of hydrogen-bond donors (Lipinski definition) is 2. The first-order chi connectivity index (χ1) is 15.0. The van der Waals surface area contributed by atoms with E-state index >= 15 is 0 Å². The average Bonchev–Trinajstić information content (AvgIpc) is 3.21. The molecule has 2 amide bonds. The number of benzene rings is 2. The van der Waals surface area contributed by atoms with E-state index in [0.29, 0.717) is 17.9 Å². The van der Waals surface area contributed by atoms with Crippen LogP contribution in [0.4, 0.5) is 5.69 Å². The Morgan fingerprint density at radius 3 is 2.71 bits per heavy atom. The molecule has 162 valence electrons. The summed E-state index contributed by atoms with van der Waals surface area (Å²) in [4.78, 5) is 29.4. The van der Waals surface area contributed by atoms with E-state index in [9.17, 15) is 9.59 Å². The zero-order chi connectivity index (χ0) is 22.2. The summed E-state index contributed by atoms with van der Waals surface area (Å²) < 4.78 is 1.00. The van der Waals surface area contributed by atoms with E-state index in [1.54, 1.807) is 23.1 Å². The van der Waals surface area contributed by atoms with Crippen LogP contribution in [0.15, 0.2) is 58.3 Å². The number of nitrogens with zero attached hydrogens (tertiary/aromatic N) is 1. The van der Waals surface area contributed by atoms with Crippen LogP contribution in [-0.2, 0) is 17.1 Å². The highest BCUT2D eigenvalue weighted by Gasteiger charge is 2.13. The van der Waals surface area contributed by atoms with Crippen LogP contribution in [0.25, 0.3) is 0 Å². The van der Waals surface area contributed by atoms with Gasteiger partial charge in [-0.1, -0.05) is 55.9 Å². The summed E-state index contributed by atoms with van der Waals surface area (Å²) in [7, 11) is 0. The van der Waals surface area contributed by atoms with Gasteiger partial charge in [0, 0.05) is 40.5 Å². The molecule has 0 bridgehead atoms. The molecule has 0 aliphatic heterocycles. The van der Waals surface area contributed by atoms with Crippen molar-refractivity contribution in [2.45, 2.75) is 43.8 Å². The fourth-order valence-corrected chi connectivity index (χ4v) is 4.75. The Labute approximate surface area is 191 Å². The molecule has 2 N–H and O–H groups in total. The molecule has 1 heterocycles. The molecular weight excluding hydrogens is 426 g/mol. The molecule has 0 spiro atoms. The summed E-state index contributed by atoms with van der Waals surface area (Å²) in [6, 6.07) is 15.2. The van der Waals surface area contributed by atoms with Crippen molar-refractivity contribution < 1.29 is 9.59 Å². The molecule has 3 rings (SSSR count). The minimum absolute atomic E-state index is 0.00513. The zero-order valence-corrected chi connectivity index (χ0v) is 19.6. The van der Waals surface area contributed by atoms with Crippen LogP contribution in [0.1, 0.15) is 47.4 Å². The van der Waals surface area contributed by atoms with Crippen LogP contribution < -0.4 is 10.6 Å². The normalized spacial score (nSPS) is 11.7. The van der Waals surface area contributed by atoms with Crippen molar-refractivity contribution in [1.29, 1.82) is 0 Å². The number of nitrogens with one attached hydrogen (secondary N) is 2. The van der Waals surface area contributed by atoms with Crippen LogP contribution in [0, 0.1) is 12.8 Å². The second kappa shape index (κ2) is 11.1. The summed E-state index contributed by atoms with van der Waals surface area (Å²) in [5.74, 6) is 0.547. The number of aryl methyl sites for hydroxylation is 1. The highest BCUT2D eigenvalue weighted by Crippen LogP contribution is 2.27. The summed E-state index contributed by atoms with van der Waals surface area (Å²) >= 11 is 3.26. The number of rotatable bonds is 9. The number of carbonyl (C=O) groups excluding carboxylic acids is 2. The number of amides is 2. The van der Waals surface area contributed by atoms with Crippen LogP contribution in [0.3, 0.4) is 0 Å². The summed E-state index contributed by atoms with van der Waals surface area (Å²) in [6.45, 7) is 6.27. The van der Waals surface area contributed by atoms with Gasteiger partial charge in [-0.3, -0.25) is 9.59 Å². The lowest BCUT2D eigenvalue weighted by molar-refractivity contribution is -0.119. The topological polar surface area (TPSA) is 71.1 Å². The quantitative estimate of drug-likeness (QED) is 0.410. The van der Waals surface area contributed by atoms with Crippen LogP contribution in [-0.4, -0.2) is 16.8 Å². The van der Waals surface area contributed by atoms with Crippen LogP contribution >= 0.6 is 23.1 Å². The maximum absolute atomic E-state index is 12.8. The standard InChI is InChI=1S/C24H27N3O2S2/c1-4-16(2)22(28)27-20-10-7-8-18(12-20)13-25-23(29)21-11-6-5-9-19(21)15-31-24-26-17(3)14-30-24/h5-12,14,16H,4,13,15H2,1-3H3,(H,25,29)(H,27,28). The fourth-order valence-electron chi connectivity index (χ4n) is 2.89. The summed E-state index contributed by atoms with van der Waals surface area (Å²) in [6.07, 6.45) is 0.793. The van der Waals surface area contributed by atoms with Gasteiger partial charge in [0.25, 0.3) is 5.91 Å². The molecule has 7 heteroatoms. The Bertz CT molecular complexity index is 1050. The average molecular weight is 454 g/mol. The minimum atomic E-state index is -0.111. The van der Waals surface area contributed by atoms with E-state index in [4.69, 9.17) is 0 Å². The van der Waals surface area contributed by atoms with E-state index in [0.717, 1.165) is 33.3 Å². The molecule has 0 radical (unpaired) electrons. The van der Waals surface area contributed by atoms with Gasteiger partial charge in [-0.15, -0.1) is 11.3 Å². The maximum atomic E-state index is 12.8. The fraction of sp³-hybridized carbons (Fsp3) is 0.292. The first kappa shape index (κ1) is 23.0. The summed E-state index contributed by atoms with van der Waals surface area (Å²) in [5.41, 5.74) is 4.34. The van der Waals surface area contributed by atoms with Crippen molar-refractivity contribution in [2.75, 3.05) is 5.32 Å². The van der Waals surface area contributed by atoms with Crippen molar-refractivity contribution in [1.82, 2.24) is 10.3 Å². The molecule has 0 saturated heterocycles. The largest absolute Gasteiger partial charge is 0.348 e. The van der Waals surface area contributed by atoms with Gasteiger partial charge in [0.05, 0.1) is 0 Å². The predicted molar refractivity (Wildman–Crippen MR) is 129 cm³/mol. The zero-order valence-electron chi connectivity index (χ0n) is 18.0. The summed E-state index contributed by atoms with van der Waals surface area (Å²) in [5, 5.41) is 7.96. The second-order valence-electron chi connectivity index (χ2n) is 7.38. The van der Waals surface area contributed by atoms with Crippen molar-refractivity contribution >= 4 is 40.6 Å². The van der Waals surface area contributed by atoms with Crippen molar-refractivity contribution in [3.05, 3.63) is 76.3 Å². The van der Waals surface area contributed by atoms with Crippen molar-refractivity contribution in [2.24, 2.45) is 5.92 Å². The highest BCUT2D eigenvalue weighted by molar-refractivity contribution is 8.00. The van der Waals surface area contributed by atoms with Gasteiger partial charge >= 0.3 is 0 Å². The van der Waals surface area contributed by atoms with Gasteiger partial charge in [0.1, 0.15) is 4.34 Å². The van der Waals surface area contributed by atoms with Gasteiger partial charge in [-0.25, -0.2) is 4.98 Å². The van der Waals surface area contributed by atoms with E-state index in [2.05, 4.69) is 15.6 Å². The van der Waals surface area contributed by atoms with Crippen molar-refractivity contribution in [3.63, 3.8) is 0 Å². The van der Waals surface area contributed by atoms with E-state index in [1.165, 1.54) is 0 Å². The first-order valence-electron chi connectivity index (χ1n) is 10.3. The van der Waals surface area contributed by atoms with Gasteiger partial charge in [-0.05, 0) is 42.7 Å². The van der Waals surface area contributed by atoms with E-state index in [-0.39, 0.29) is 17.7 Å². The Morgan fingerprint density at radius 2 is 1.97 bits per heavy atom. The van der Waals surface area contributed by atoms with Crippen LogP contribution in [0.5, 0.6) is 0 Å². The Hall–Kier alpha value is -2.64. The second-order valence-corrected chi connectivity index (χ2v) is 9.46. The molecule has 1 unspecified atom stereocenters. The van der Waals surface area contributed by atoms with E-state index in [1.807, 2.05) is 74.7 Å². The molecule has 5 nitrogen and oxygen atoms in total. The number of thiazole rings is 1. The lowest BCUT2D eigenvalue weighted by Crippen LogP contribution is -2.24. The predicted octanol–water partition coefficient (Wildman–Crippen LogP) is 5.66. The lowest BCUT2D eigenvalue weighted by Gasteiger charge is -2.12. The highest BCUT2D eigenvalue weighted by atomic mass is 32.2. The number of aromatic nitrogens is 1. The van der Waals surface area contributed by atoms with Crippen LogP contribution in [0.2, 0.25) is 0 Å². The van der Waals surface area contributed by atoms with Gasteiger partial charge in [0.15, 0.2) is 0 Å². The first-order valence-corrected chi connectivity index (χ1v) is 12.1. The molecule has 0 aliphatic rings. The number of hydrogen-bond acceptors (Lipinski definition) is 5. The molecule has 1 aromatic heterocycles. The Morgan fingerprint density at radius 1 is 1.16 bits per heavy atom. The monoisotopic (exact) mass is 453 g/mol. The Balaban J connectivity index is 1.61. The molecular formula is C24H27N3O2S2. The molecule has 1 atom stereocenters.